The fraction of sp³-hybridized carbons (Fsp3) is 0.625. The number of benzene rings is 1. The number of fused-ring (bicyclic) bond motifs is 2. The SMILES string of the molecule is COc1c2c(c(C3CCCCN3)c3c1OCC3)OCC2. The van der Waals surface area contributed by atoms with Crippen molar-refractivity contribution in [3.8, 4) is 17.2 Å². The van der Waals surface area contributed by atoms with Crippen LogP contribution in [0.3, 0.4) is 0 Å². The summed E-state index contributed by atoms with van der Waals surface area (Å²) in [5, 5.41) is 3.66. The molecule has 0 radical (unpaired) electrons. The molecule has 1 aromatic rings. The summed E-state index contributed by atoms with van der Waals surface area (Å²) < 4.78 is 17.5. The Kier molecular flexibility index (Phi) is 2.99. The molecule has 0 spiro atoms. The van der Waals surface area contributed by atoms with Crippen LogP contribution in [0.2, 0.25) is 0 Å². The highest BCUT2D eigenvalue weighted by Crippen LogP contribution is 2.51. The third-order valence-electron chi connectivity index (χ3n) is 4.66. The lowest BCUT2D eigenvalue weighted by molar-refractivity contribution is 0.323. The average molecular weight is 275 g/mol. The highest BCUT2D eigenvalue weighted by molar-refractivity contribution is 5.66. The van der Waals surface area contributed by atoms with Crippen molar-refractivity contribution < 1.29 is 14.2 Å². The molecule has 1 atom stereocenters. The highest BCUT2D eigenvalue weighted by Gasteiger charge is 2.35. The van der Waals surface area contributed by atoms with E-state index in [2.05, 4.69) is 5.32 Å². The van der Waals surface area contributed by atoms with Crippen LogP contribution in [0, 0.1) is 0 Å². The Hall–Kier alpha value is -1.42. The number of hydrogen-bond donors (Lipinski definition) is 1. The van der Waals surface area contributed by atoms with E-state index in [-0.39, 0.29) is 0 Å². The minimum atomic E-state index is 0.414. The maximum absolute atomic E-state index is 5.98. The molecule has 3 heterocycles. The first kappa shape index (κ1) is 12.3. The van der Waals surface area contributed by atoms with E-state index in [1.165, 1.54) is 36.0 Å². The van der Waals surface area contributed by atoms with Crippen LogP contribution >= 0.6 is 0 Å². The second-order valence-electron chi connectivity index (χ2n) is 5.76. The topological polar surface area (TPSA) is 39.7 Å². The highest BCUT2D eigenvalue weighted by atomic mass is 16.5. The molecule has 3 aliphatic rings. The van der Waals surface area contributed by atoms with E-state index < -0.39 is 0 Å². The van der Waals surface area contributed by atoms with Crippen molar-refractivity contribution in [3.05, 3.63) is 16.7 Å². The predicted molar refractivity (Wildman–Crippen MR) is 76.0 cm³/mol. The van der Waals surface area contributed by atoms with Crippen LogP contribution in [0.25, 0.3) is 0 Å². The van der Waals surface area contributed by atoms with Gasteiger partial charge in [-0.25, -0.2) is 0 Å². The number of nitrogens with one attached hydrogen (secondary N) is 1. The summed E-state index contributed by atoms with van der Waals surface area (Å²) in [6.45, 7) is 2.61. The third-order valence-corrected chi connectivity index (χ3v) is 4.66. The smallest absolute Gasteiger partial charge is 0.168 e. The fourth-order valence-electron chi connectivity index (χ4n) is 3.78. The van der Waals surface area contributed by atoms with Crippen LogP contribution in [0.1, 0.15) is 42.0 Å². The number of piperidine rings is 1. The Morgan fingerprint density at radius 2 is 1.85 bits per heavy atom. The van der Waals surface area contributed by atoms with Crippen molar-refractivity contribution in [1.29, 1.82) is 0 Å². The van der Waals surface area contributed by atoms with E-state index in [0.717, 1.165) is 49.8 Å². The average Bonchev–Trinajstić information content (AvgIpc) is 3.14. The number of methoxy groups -OCH3 is 1. The first-order valence-electron chi connectivity index (χ1n) is 7.64. The van der Waals surface area contributed by atoms with Gasteiger partial charge in [-0.3, -0.25) is 0 Å². The van der Waals surface area contributed by atoms with Gasteiger partial charge in [-0.15, -0.1) is 0 Å². The molecule has 4 nitrogen and oxygen atoms in total. The van der Waals surface area contributed by atoms with Crippen LogP contribution in [-0.4, -0.2) is 26.9 Å². The van der Waals surface area contributed by atoms with E-state index >= 15 is 0 Å². The van der Waals surface area contributed by atoms with E-state index in [0.29, 0.717) is 6.04 Å². The molecular weight excluding hydrogens is 254 g/mol. The van der Waals surface area contributed by atoms with Gasteiger partial charge in [0.2, 0.25) is 0 Å². The van der Waals surface area contributed by atoms with E-state index in [1.807, 2.05) is 0 Å². The van der Waals surface area contributed by atoms with Gasteiger partial charge in [0, 0.05) is 35.6 Å². The van der Waals surface area contributed by atoms with Gasteiger partial charge < -0.3 is 19.5 Å². The van der Waals surface area contributed by atoms with Crippen molar-refractivity contribution in [2.75, 3.05) is 26.9 Å². The first-order chi connectivity index (χ1) is 9.90. The van der Waals surface area contributed by atoms with Crippen LogP contribution in [0.4, 0.5) is 0 Å². The minimum Gasteiger partial charge on any atom is -0.492 e. The van der Waals surface area contributed by atoms with Gasteiger partial charge in [-0.2, -0.15) is 0 Å². The van der Waals surface area contributed by atoms with Crippen molar-refractivity contribution in [1.82, 2.24) is 5.32 Å². The zero-order chi connectivity index (χ0) is 13.5. The van der Waals surface area contributed by atoms with E-state index in [4.69, 9.17) is 14.2 Å². The van der Waals surface area contributed by atoms with Gasteiger partial charge >= 0.3 is 0 Å². The molecule has 0 aromatic heterocycles. The lowest BCUT2D eigenvalue weighted by Gasteiger charge is -2.27. The number of hydrogen-bond acceptors (Lipinski definition) is 4. The van der Waals surface area contributed by atoms with Crippen molar-refractivity contribution >= 4 is 0 Å². The monoisotopic (exact) mass is 275 g/mol. The van der Waals surface area contributed by atoms with Crippen LogP contribution in [0.15, 0.2) is 0 Å². The minimum absolute atomic E-state index is 0.414. The Morgan fingerprint density at radius 1 is 1.05 bits per heavy atom. The Balaban J connectivity index is 1.89. The van der Waals surface area contributed by atoms with Gasteiger partial charge in [-0.1, -0.05) is 6.42 Å². The molecule has 0 bridgehead atoms. The first-order valence-corrected chi connectivity index (χ1v) is 7.64. The molecule has 0 amide bonds. The molecule has 4 rings (SSSR count). The van der Waals surface area contributed by atoms with Gasteiger partial charge in [-0.05, 0) is 19.4 Å². The molecule has 108 valence electrons. The summed E-state index contributed by atoms with van der Waals surface area (Å²) in [6, 6.07) is 0.414. The van der Waals surface area contributed by atoms with Gasteiger partial charge in [0.05, 0.1) is 20.3 Å². The van der Waals surface area contributed by atoms with Gasteiger partial charge in [0.1, 0.15) is 5.75 Å². The normalized spacial score (nSPS) is 23.8. The van der Waals surface area contributed by atoms with Gasteiger partial charge in [0.15, 0.2) is 11.5 Å². The summed E-state index contributed by atoms with van der Waals surface area (Å²) in [5.74, 6) is 2.95. The molecule has 1 saturated heterocycles. The van der Waals surface area contributed by atoms with Crippen LogP contribution in [0.5, 0.6) is 17.2 Å². The molecule has 3 aliphatic heterocycles. The van der Waals surface area contributed by atoms with Crippen molar-refractivity contribution in [3.63, 3.8) is 0 Å². The van der Waals surface area contributed by atoms with E-state index in [1.54, 1.807) is 7.11 Å². The molecule has 4 heteroatoms. The quantitative estimate of drug-likeness (QED) is 0.899. The molecule has 1 unspecified atom stereocenters. The zero-order valence-electron chi connectivity index (χ0n) is 12.0. The fourth-order valence-corrected chi connectivity index (χ4v) is 3.78. The van der Waals surface area contributed by atoms with Crippen molar-refractivity contribution in [2.45, 2.75) is 38.1 Å². The number of ether oxygens (including phenoxy) is 3. The zero-order valence-corrected chi connectivity index (χ0v) is 12.0. The summed E-state index contributed by atoms with van der Waals surface area (Å²) >= 11 is 0. The molecule has 1 fully saturated rings. The second kappa shape index (κ2) is 4.85. The second-order valence-corrected chi connectivity index (χ2v) is 5.76. The van der Waals surface area contributed by atoms with Crippen LogP contribution in [-0.2, 0) is 12.8 Å². The largest absolute Gasteiger partial charge is 0.492 e. The molecule has 20 heavy (non-hydrogen) atoms. The van der Waals surface area contributed by atoms with Crippen molar-refractivity contribution in [2.24, 2.45) is 0 Å². The van der Waals surface area contributed by atoms with E-state index in [9.17, 15) is 0 Å². The molecule has 0 aliphatic carbocycles. The molecule has 1 aromatic carbocycles. The molecular formula is C16H21NO3. The Morgan fingerprint density at radius 3 is 2.60 bits per heavy atom. The van der Waals surface area contributed by atoms with Gasteiger partial charge in [0.25, 0.3) is 0 Å². The lowest BCUT2D eigenvalue weighted by atomic mass is 9.89. The molecule has 1 N–H and O–H groups in total. The maximum Gasteiger partial charge on any atom is 0.168 e. The lowest BCUT2D eigenvalue weighted by Crippen LogP contribution is -2.28. The number of rotatable bonds is 2. The Labute approximate surface area is 119 Å². The summed E-state index contributed by atoms with van der Waals surface area (Å²) in [5.41, 5.74) is 3.86. The summed E-state index contributed by atoms with van der Waals surface area (Å²) in [6.07, 6.45) is 5.64. The standard InChI is InChI=1S/C16H21NO3/c1-18-15-11-6-9-19-14(11)13(10-5-8-20-16(10)15)12-4-2-3-7-17-12/h12,17H,2-9H2,1H3. The molecule has 0 saturated carbocycles. The third kappa shape index (κ3) is 1.71. The summed E-state index contributed by atoms with van der Waals surface area (Å²) in [4.78, 5) is 0. The maximum atomic E-state index is 5.98. The van der Waals surface area contributed by atoms with Crippen LogP contribution < -0.4 is 19.5 Å². The Bertz CT molecular complexity index is 500. The summed E-state index contributed by atoms with van der Waals surface area (Å²) in [7, 11) is 1.73. The predicted octanol–water partition coefficient (Wildman–Crippen LogP) is 2.38.